The van der Waals surface area contributed by atoms with Crippen LogP contribution in [-0.4, -0.2) is 41.4 Å². The molecule has 6 heteroatoms. The molecule has 3 rings (SSSR count). The number of rotatable bonds is 11. The number of anilines is 1. The SMILES string of the molecule is C=CCN(CC(=O)N(CCc1ccccc1)Cc1ccco1)C(=O)Nc1ccc(C(C)C)cc1. The summed E-state index contributed by atoms with van der Waals surface area (Å²) < 4.78 is 5.47. The molecular weight excluding hydrogens is 426 g/mol. The number of hydrogen-bond donors (Lipinski definition) is 1. The maximum Gasteiger partial charge on any atom is 0.322 e. The third kappa shape index (κ3) is 7.37. The van der Waals surface area contributed by atoms with Crippen molar-refractivity contribution in [1.29, 1.82) is 0 Å². The third-order valence-corrected chi connectivity index (χ3v) is 5.58. The monoisotopic (exact) mass is 459 g/mol. The van der Waals surface area contributed by atoms with E-state index in [0.29, 0.717) is 36.9 Å². The first-order valence-electron chi connectivity index (χ1n) is 11.6. The highest BCUT2D eigenvalue weighted by Gasteiger charge is 2.22. The van der Waals surface area contributed by atoms with E-state index in [4.69, 9.17) is 4.42 Å². The molecule has 3 amide bonds. The van der Waals surface area contributed by atoms with Crippen LogP contribution >= 0.6 is 0 Å². The van der Waals surface area contributed by atoms with Crippen LogP contribution in [0, 0.1) is 0 Å². The van der Waals surface area contributed by atoms with Gasteiger partial charge in [0.1, 0.15) is 12.3 Å². The summed E-state index contributed by atoms with van der Waals surface area (Å²) in [5.41, 5.74) is 3.03. The van der Waals surface area contributed by atoms with Crippen LogP contribution in [0.2, 0.25) is 0 Å². The van der Waals surface area contributed by atoms with Gasteiger partial charge in [-0.2, -0.15) is 0 Å². The number of furan rings is 1. The molecule has 1 N–H and O–H groups in total. The molecule has 0 bridgehead atoms. The fraction of sp³-hybridized carbons (Fsp3) is 0.286. The number of carbonyl (C=O) groups is 2. The summed E-state index contributed by atoms with van der Waals surface area (Å²) in [6.07, 6.45) is 3.93. The molecule has 178 valence electrons. The van der Waals surface area contributed by atoms with E-state index >= 15 is 0 Å². The quantitative estimate of drug-likeness (QED) is 0.374. The van der Waals surface area contributed by atoms with Crippen molar-refractivity contribution in [2.45, 2.75) is 32.7 Å². The Kier molecular flexibility index (Phi) is 9.09. The van der Waals surface area contributed by atoms with E-state index in [1.807, 2.05) is 60.7 Å². The number of urea groups is 1. The minimum atomic E-state index is -0.341. The molecule has 34 heavy (non-hydrogen) atoms. The van der Waals surface area contributed by atoms with Crippen LogP contribution in [0.25, 0.3) is 0 Å². The van der Waals surface area contributed by atoms with Gasteiger partial charge in [0, 0.05) is 18.8 Å². The molecule has 0 saturated heterocycles. The van der Waals surface area contributed by atoms with Crippen molar-refractivity contribution in [2.24, 2.45) is 0 Å². The first-order chi connectivity index (χ1) is 16.5. The first-order valence-corrected chi connectivity index (χ1v) is 11.6. The summed E-state index contributed by atoms with van der Waals surface area (Å²) in [7, 11) is 0. The van der Waals surface area contributed by atoms with Gasteiger partial charge in [-0.25, -0.2) is 4.79 Å². The second-order valence-corrected chi connectivity index (χ2v) is 8.51. The Morgan fingerprint density at radius 1 is 1.00 bits per heavy atom. The molecule has 0 aliphatic heterocycles. The lowest BCUT2D eigenvalue weighted by Gasteiger charge is -2.27. The van der Waals surface area contributed by atoms with Crippen LogP contribution in [0.1, 0.15) is 36.7 Å². The molecule has 3 aromatic rings. The number of nitrogens with one attached hydrogen (secondary N) is 1. The zero-order valence-electron chi connectivity index (χ0n) is 19.9. The summed E-state index contributed by atoms with van der Waals surface area (Å²) in [5, 5.41) is 2.89. The van der Waals surface area contributed by atoms with Gasteiger partial charge in [0.15, 0.2) is 0 Å². The zero-order valence-corrected chi connectivity index (χ0v) is 19.9. The Morgan fingerprint density at radius 2 is 1.74 bits per heavy atom. The normalized spacial score (nSPS) is 10.7. The van der Waals surface area contributed by atoms with E-state index in [9.17, 15) is 9.59 Å². The standard InChI is InChI=1S/C28H33N3O3/c1-4-17-31(28(33)29-25-14-12-24(13-15-25)22(2)3)21-27(32)30(20-26-11-8-19-34-26)18-16-23-9-6-5-7-10-23/h4-15,19,22H,1,16-18,20-21H2,2-3H3,(H,29,33). The summed E-state index contributed by atoms with van der Waals surface area (Å²) in [6.45, 7) is 9.06. The van der Waals surface area contributed by atoms with Crippen molar-refractivity contribution < 1.29 is 14.0 Å². The summed E-state index contributed by atoms with van der Waals surface area (Å²) in [5.74, 6) is 0.960. The molecule has 1 aromatic heterocycles. The van der Waals surface area contributed by atoms with Gasteiger partial charge in [-0.15, -0.1) is 6.58 Å². The van der Waals surface area contributed by atoms with Crippen molar-refractivity contribution in [2.75, 3.05) is 25.0 Å². The maximum absolute atomic E-state index is 13.3. The van der Waals surface area contributed by atoms with Gasteiger partial charge >= 0.3 is 6.03 Å². The molecule has 0 saturated carbocycles. The molecular formula is C28H33N3O3. The van der Waals surface area contributed by atoms with Gasteiger partial charge in [-0.3, -0.25) is 4.79 Å². The molecule has 0 unspecified atom stereocenters. The van der Waals surface area contributed by atoms with Crippen LogP contribution in [-0.2, 0) is 17.8 Å². The van der Waals surface area contributed by atoms with Gasteiger partial charge in [-0.1, -0.05) is 62.4 Å². The van der Waals surface area contributed by atoms with Crippen LogP contribution < -0.4 is 5.32 Å². The molecule has 6 nitrogen and oxygen atoms in total. The van der Waals surface area contributed by atoms with Crippen LogP contribution in [0.5, 0.6) is 0 Å². The largest absolute Gasteiger partial charge is 0.467 e. The zero-order chi connectivity index (χ0) is 24.3. The van der Waals surface area contributed by atoms with Crippen LogP contribution in [0.15, 0.2) is 90.1 Å². The van der Waals surface area contributed by atoms with Crippen molar-refractivity contribution in [1.82, 2.24) is 9.80 Å². The molecule has 0 fully saturated rings. The molecule has 1 heterocycles. The number of nitrogens with zero attached hydrogens (tertiary/aromatic N) is 2. The van der Waals surface area contributed by atoms with Gasteiger partial charge < -0.3 is 19.5 Å². The van der Waals surface area contributed by atoms with E-state index in [0.717, 1.165) is 5.56 Å². The summed E-state index contributed by atoms with van der Waals surface area (Å²) in [6, 6.07) is 21.1. The van der Waals surface area contributed by atoms with Gasteiger partial charge in [0.2, 0.25) is 5.91 Å². The highest BCUT2D eigenvalue weighted by molar-refractivity contribution is 5.92. The van der Waals surface area contributed by atoms with Crippen molar-refractivity contribution >= 4 is 17.6 Å². The van der Waals surface area contributed by atoms with Gasteiger partial charge in [-0.05, 0) is 47.7 Å². The molecule has 0 spiro atoms. The molecule has 0 aliphatic rings. The van der Waals surface area contributed by atoms with E-state index in [1.54, 1.807) is 23.3 Å². The van der Waals surface area contributed by atoms with Crippen LogP contribution in [0.3, 0.4) is 0 Å². The number of carbonyl (C=O) groups excluding carboxylic acids is 2. The smallest absolute Gasteiger partial charge is 0.322 e. The fourth-order valence-corrected chi connectivity index (χ4v) is 3.58. The lowest BCUT2D eigenvalue weighted by molar-refractivity contribution is -0.132. The van der Waals surface area contributed by atoms with Crippen molar-refractivity contribution in [3.63, 3.8) is 0 Å². The lowest BCUT2D eigenvalue weighted by atomic mass is 10.0. The Labute approximate surface area is 201 Å². The highest BCUT2D eigenvalue weighted by atomic mass is 16.3. The fourth-order valence-electron chi connectivity index (χ4n) is 3.58. The van der Waals surface area contributed by atoms with E-state index in [1.165, 1.54) is 10.5 Å². The Morgan fingerprint density at radius 3 is 2.35 bits per heavy atom. The second-order valence-electron chi connectivity index (χ2n) is 8.51. The maximum atomic E-state index is 13.3. The second kappa shape index (κ2) is 12.4. The number of amides is 3. The molecule has 0 aliphatic carbocycles. The predicted octanol–water partition coefficient (Wildman–Crippen LogP) is 5.69. The Hall–Kier alpha value is -3.80. The number of hydrogen-bond acceptors (Lipinski definition) is 3. The lowest BCUT2D eigenvalue weighted by Crippen LogP contribution is -2.44. The van der Waals surface area contributed by atoms with Crippen molar-refractivity contribution in [3.05, 3.63) is 103 Å². The molecule has 0 atom stereocenters. The minimum Gasteiger partial charge on any atom is -0.467 e. The Bertz CT molecular complexity index is 1040. The van der Waals surface area contributed by atoms with Gasteiger partial charge in [0.05, 0.1) is 12.8 Å². The molecule has 0 radical (unpaired) electrons. The first kappa shape index (κ1) is 24.8. The minimum absolute atomic E-state index is 0.0581. The highest BCUT2D eigenvalue weighted by Crippen LogP contribution is 2.17. The van der Waals surface area contributed by atoms with Crippen LogP contribution in [0.4, 0.5) is 10.5 Å². The van der Waals surface area contributed by atoms with Gasteiger partial charge in [0.25, 0.3) is 0 Å². The summed E-state index contributed by atoms with van der Waals surface area (Å²) >= 11 is 0. The number of benzene rings is 2. The topological polar surface area (TPSA) is 65.8 Å². The predicted molar refractivity (Wildman–Crippen MR) is 136 cm³/mol. The Balaban J connectivity index is 1.67. The average molecular weight is 460 g/mol. The van der Waals surface area contributed by atoms with Crippen molar-refractivity contribution in [3.8, 4) is 0 Å². The summed E-state index contributed by atoms with van der Waals surface area (Å²) in [4.78, 5) is 29.4. The van der Waals surface area contributed by atoms with E-state index in [-0.39, 0.29) is 25.0 Å². The van der Waals surface area contributed by atoms with E-state index < -0.39 is 0 Å². The molecule has 2 aromatic carbocycles. The van der Waals surface area contributed by atoms with E-state index in [2.05, 4.69) is 25.7 Å². The average Bonchev–Trinajstić information content (AvgIpc) is 3.35. The third-order valence-electron chi connectivity index (χ3n) is 5.58.